The fourth-order valence-corrected chi connectivity index (χ4v) is 5.25. The zero-order valence-corrected chi connectivity index (χ0v) is 19.8. The summed E-state index contributed by atoms with van der Waals surface area (Å²) in [6.07, 6.45) is 1.55. The Balaban J connectivity index is 1.20. The smallest absolute Gasteiger partial charge is 0.239 e. The van der Waals surface area contributed by atoms with Crippen LogP contribution in [0.4, 0.5) is 5.13 Å². The van der Waals surface area contributed by atoms with E-state index in [1.54, 1.807) is 0 Å². The van der Waals surface area contributed by atoms with Crippen molar-refractivity contribution in [2.75, 3.05) is 44.6 Å². The maximum Gasteiger partial charge on any atom is 0.239 e. The molecule has 32 heavy (non-hydrogen) atoms. The maximum atomic E-state index is 13.1. The van der Waals surface area contributed by atoms with Crippen molar-refractivity contribution in [3.8, 4) is 0 Å². The van der Waals surface area contributed by atoms with Crippen LogP contribution in [0.3, 0.4) is 0 Å². The van der Waals surface area contributed by atoms with Gasteiger partial charge in [-0.2, -0.15) is 0 Å². The highest BCUT2D eigenvalue weighted by Crippen LogP contribution is 2.23. The molecule has 8 heteroatoms. The van der Waals surface area contributed by atoms with E-state index < -0.39 is 0 Å². The Labute approximate surface area is 194 Å². The number of hydrogen-bond donors (Lipinski definition) is 1. The second-order valence-corrected chi connectivity index (χ2v) is 9.71. The number of piperidine rings is 1. The average molecular weight is 456 g/mol. The molecular weight excluding hydrogens is 422 g/mol. The average Bonchev–Trinajstić information content (AvgIpc) is 3.23. The van der Waals surface area contributed by atoms with Crippen LogP contribution >= 0.6 is 11.3 Å². The van der Waals surface area contributed by atoms with Crippen molar-refractivity contribution in [3.63, 3.8) is 0 Å². The Kier molecular flexibility index (Phi) is 7.55. The minimum atomic E-state index is -0.138. The molecule has 1 N–H and O–H groups in total. The highest BCUT2D eigenvalue weighted by molar-refractivity contribution is 7.13. The van der Waals surface area contributed by atoms with Gasteiger partial charge >= 0.3 is 0 Å². The lowest BCUT2D eigenvalue weighted by molar-refractivity contribution is -0.139. The number of rotatable bonds is 6. The van der Waals surface area contributed by atoms with Gasteiger partial charge in [-0.15, -0.1) is 11.3 Å². The van der Waals surface area contributed by atoms with Crippen LogP contribution in [0.1, 0.15) is 31.0 Å². The molecule has 4 rings (SSSR count). The third-order valence-corrected chi connectivity index (χ3v) is 7.46. The van der Waals surface area contributed by atoms with Crippen LogP contribution in [0.5, 0.6) is 0 Å². The van der Waals surface area contributed by atoms with E-state index in [9.17, 15) is 9.59 Å². The molecule has 0 bridgehead atoms. The second-order valence-electron chi connectivity index (χ2n) is 8.86. The van der Waals surface area contributed by atoms with Crippen LogP contribution in [-0.4, -0.2) is 76.8 Å². The largest absolute Gasteiger partial charge is 0.339 e. The Morgan fingerprint density at radius 1 is 1.09 bits per heavy atom. The molecule has 0 radical (unpaired) electrons. The van der Waals surface area contributed by atoms with Gasteiger partial charge in [0.15, 0.2) is 5.13 Å². The van der Waals surface area contributed by atoms with E-state index in [-0.39, 0.29) is 23.8 Å². The van der Waals surface area contributed by atoms with Crippen molar-refractivity contribution in [1.82, 2.24) is 19.7 Å². The number of piperazine rings is 1. The molecule has 0 saturated carbocycles. The Hall–Kier alpha value is -2.29. The van der Waals surface area contributed by atoms with Crippen LogP contribution in [0.25, 0.3) is 0 Å². The van der Waals surface area contributed by atoms with E-state index in [1.165, 1.54) is 16.9 Å². The van der Waals surface area contributed by atoms with Gasteiger partial charge in [0.05, 0.1) is 11.7 Å². The molecule has 2 aromatic rings. The highest BCUT2D eigenvalue weighted by atomic mass is 32.1. The normalized spacial score (nSPS) is 19.6. The molecule has 1 aromatic heterocycles. The number of aryl methyl sites for hydroxylation is 1. The number of amides is 2. The summed E-state index contributed by atoms with van der Waals surface area (Å²) in [6.45, 7) is 9.80. The van der Waals surface area contributed by atoms with Crippen molar-refractivity contribution in [2.24, 2.45) is 5.92 Å². The lowest BCUT2D eigenvalue weighted by Crippen LogP contribution is -2.55. The fraction of sp³-hybridized carbons (Fsp3) is 0.542. The lowest BCUT2D eigenvalue weighted by Gasteiger charge is -2.40. The zero-order valence-electron chi connectivity index (χ0n) is 19.0. The number of benzene rings is 1. The maximum absolute atomic E-state index is 13.1. The predicted octanol–water partition coefficient (Wildman–Crippen LogP) is 2.83. The van der Waals surface area contributed by atoms with Gasteiger partial charge in [0.25, 0.3) is 0 Å². The number of likely N-dealkylation sites (tertiary alicyclic amines) is 1. The van der Waals surface area contributed by atoms with Gasteiger partial charge in [-0.1, -0.05) is 30.3 Å². The number of carbonyl (C=O) groups is 2. The van der Waals surface area contributed by atoms with Crippen LogP contribution in [0.15, 0.2) is 35.7 Å². The minimum Gasteiger partial charge on any atom is -0.339 e. The van der Waals surface area contributed by atoms with Gasteiger partial charge in [-0.3, -0.25) is 19.4 Å². The molecule has 0 spiro atoms. The second kappa shape index (κ2) is 10.6. The lowest BCUT2D eigenvalue weighted by atomic mass is 9.95. The van der Waals surface area contributed by atoms with Crippen LogP contribution in [0.2, 0.25) is 0 Å². The van der Waals surface area contributed by atoms with Crippen LogP contribution in [-0.2, 0) is 16.1 Å². The van der Waals surface area contributed by atoms with Gasteiger partial charge in [0.1, 0.15) is 0 Å². The first-order chi connectivity index (χ1) is 15.5. The van der Waals surface area contributed by atoms with Gasteiger partial charge in [0, 0.05) is 44.0 Å². The zero-order chi connectivity index (χ0) is 22.5. The first kappa shape index (κ1) is 22.9. The number of nitrogens with one attached hydrogen (secondary N) is 1. The van der Waals surface area contributed by atoms with Crippen molar-refractivity contribution < 1.29 is 9.59 Å². The summed E-state index contributed by atoms with van der Waals surface area (Å²) in [7, 11) is 0. The van der Waals surface area contributed by atoms with Crippen molar-refractivity contribution >= 4 is 28.3 Å². The quantitative estimate of drug-likeness (QED) is 0.726. The molecule has 1 aromatic carbocycles. The third kappa shape index (κ3) is 5.74. The van der Waals surface area contributed by atoms with Crippen LogP contribution < -0.4 is 5.32 Å². The van der Waals surface area contributed by atoms with Gasteiger partial charge in [0.2, 0.25) is 11.8 Å². The summed E-state index contributed by atoms with van der Waals surface area (Å²) >= 11 is 1.46. The Morgan fingerprint density at radius 2 is 1.78 bits per heavy atom. The summed E-state index contributed by atoms with van der Waals surface area (Å²) in [4.78, 5) is 36.6. The van der Waals surface area contributed by atoms with Crippen molar-refractivity contribution in [1.29, 1.82) is 0 Å². The first-order valence-electron chi connectivity index (χ1n) is 11.5. The summed E-state index contributed by atoms with van der Waals surface area (Å²) < 4.78 is 0. The van der Waals surface area contributed by atoms with Crippen LogP contribution in [0, 0.1) is 12.8 Å². The first-order valence-corrected chi connectivity index (χ1v) is 12.4. The molecule has 1 unspecified atom stereocenters. The monoisotopic (exact) mass is 455 g/mol. The molecule has 172 valence electrons. The number of thiazole rings is 1. The molecule has 2 saturated heterocycles. The molecule has 2 fully saturated rings. The summed E-state index contributed by atoms with van der Waals surface area (Å²) in [5, 5.41) is 5.55. The predicted molar refractivity (Wildman–Crippen MR) is 128 cm³/mol. The van der Waals surface area contributed by atoms with E-state index >= 15 is 0 Å². The number of hydrogen-bond acceptors (Lipinski definition) is 6. The fourth-order valence-electron chi connectivity index (χ4n) is 4.56. The topological polar surface area (TPSA) is 68.8 Å². The van der Waals surface area contributed by atoms with Crippen molar-refractivity contribution in [3.05, 3.63) is 47.0 Å². The van der Waals surface area contributed by atoms with E-state index in [0.717, 1.165) is 64.3 Å². The molecule has 0 aliphatic carbocycles. The van der Waals surface area contributed by atoms with E-state index in [1.807, 2.05) is 30.2 Å². The van der Waals surface area contributed by atoms with E-state index in [0.29, 0.717) is 5.13 Å². The Morgan fingerprint density at radius 3 is 2.41 bits per heavy atom. The van der Waals surface area contributed by atoms with Gasteiger partial charge in [-0.05, 0) is 45.3 Å². The number of carbonyl (C=O) groups excluding carboxylic acids is 2. The molecule has 7 nitrogen and oxygen atoms in total. The molecule has 2 aliphatic heterocycles. The SMILES string of the molecule is Cc1csc(NC(=O)C2CCN(C(C)C(=O)N3CCN(Cc4ccccc4)CC3)CC2)n1. The number of anilines is 1. The summed E-state index contributed by atoms with van der Waals surface area (Å²) in [5.74, 6) is 0.248. The third-order valence-electron chi connectivity index (χ3n) is 6.59. The standard InChI is InChI=1S/C24H33N5O2S/c1-18-17-32-24(25-18)26-22(30)21-8-10-28(11-9-21)19(2)23(31)29-14-12-27(13-15-29)16-20-6-4-3-5-7-20/h3-7,17,19,21H,8-16H2,1-2H3,(H,25,26,30). The molecule has 2 aliphatic rings. The van der Waals surface area contributed by atoms with E-state index in [4.69, 9.17) is 0 Å². The summed E-state index contributed by atoms with van der Waals surface area (Å²) in [6, 6.07) is 10.4. The molecule has 1 atom stereocenters. The Bertz CT molecular complexity index is 902. The van der Waals surface area contributed by atoms with E-state index in [2.05, 4.69) is 44.4 Å². The molecule has 2 amide bonds. The van der Waals surface area contributed by atoms with Gasteiger partial charge < -0.3 is 10.2 Å². The highest BCUT2D eigenvalue weighted by Gasteiger charge is 2.32. The molecule has 3 heterocycles. The molecular formula is C24H33N5O2S. The van der Waals surface area contributed by atoms with Crippen molar-refractivity contribution in [2.45, 2.75) is 39.3 Å². The number of nitrogens with zero attached hydrogens (tertiary/aromatic N) is 4. The van der Waals surface area contributed by atoms with Gasteiger partial charge in [-0.25, -0.2) is 4.98 Å². The number of aromatic nitrogens is 1. The summed E-state index contributed by atoms with van der Waals surface area (Å²) in [5.41, 5.74) is 2.24. The minimum absolute atomic E-state index is 0.0145.